The summed E-state index contributed by atoms with van der Waals surface area (Å²) in [7, 11) is 0. The Labute approximate surface area is 121 Å². The van der Waals surface area contributed by atoms with Crippen molar-refractivity contribution >= 4 is 23.6 Å². The molecule has 2 heterocycles. The zero-order valence-electron chi connectivity index (χ0n) is 11.4. The minimum Gasteiger partial charge on any atom is -0.299 e. The third-order valence-corrected chi connectivity index (χ3v) is 4.88. The van der Waals surface area contributed by atoms with Crippen LogP contribution in [0.1, 0.15) is 43.3 Å². The van der Waals surface area contributed by atoms with Crippen molar-refractivity contribution in [2.24, 2.45) is 5.92 Å². The van der Waals surface area contributed by atoms with Crippen molar-refractivity contribution in [3.8, 4) is 10.7 Å². The quantitative estimate of drug-likeness (QED) is 0.870. The minimum absolute atomic E-state index is 0.541. The van der Waals surface area contributed by atoms with Gasteiger partial charge in [0.15, 0.2) is 10.6 Å². The van der Waals surface area contributed by atoms with E-state index in [1.54, 1.807) is 11.3 Å². The molecule has 3 rings (SSSR count). The Balaban J connectivity index is 2.03. The van der Waals surface area contributed by atoms with E-state index in [2.05, 4.69) is 35.5 Å². The zero-order chi connectivity index (χ0) is 13.6. The summed E-state index contributed by atoms with van der Waals surface area (Å²) in [4.78, 5) is 5.86. The lowest BCUT2D eigenvalue weighted by atomic mass is 10.2. The Morgan fingerprint density at radius 3 is 2.84 bits per heavy atom. The summed E-state index contributed by atoms with van der Waals surface area (Å²) in [5, 5.41) is 8.59. The maximum absolute atomic E-state index is 5.33. The molecule has 1 N–H and O–H groups in total. The number of hydrogen-bond donors (Lipinski definition) is 1. The number of rotatable bonds is 4. The van der Waals surface area contributed by atoms with E-state index in [1.807, 2.05) is 0 Å². The summed E-state index contributed by atoms with van der Waals surface area (Å²) in [6, 6.07) is 0. The van der Waals surface area contributed by atoms with E-state index >= 15 is 0 Å². The third kappa shape index (κ3) is 2.51. The molecule has 0 bridgehead atoms. The first-order valence-electron chi connectivity index (χ1n) is 6.69. The largest absolute Gasteiger partial charge is 0.299 e. The van der Waals surface area contributed by atoms with E-state index in [-0.39, 0.29) is 0 Å². The molecule has 2 aromatic heterocycles. The van der Waals surface area contributed by atoms with Gasteiger partial charge in [-0.1, -0.05) is 13.8 Å². The van der Waals surface area contributed by atoms with Crippen molar-refractivity contribution in [1.82, 2.24) is 19.7 Å². The van der Waals surface area contributed by atoms with Crippen LogP contribution in [0.15, 0.2) is 0 Å². The normalized spacial score (nSPS) is 15.4. The number of aromatic amines is 1. The van der Waals surface area contributed by atoms with Crippen molar-refractivity contribution in [2.75, 3.05) is 0 Å². The number of aryl methyl sites for hydroxylation is 1. The van der Waals surface area contributed by atoms with Crippen LogP contribution in [0.3, 0.4) is 0 Å². The maximum atomic E-state index is 5.33. The van der Waals surface area contributed by atoms with Gasteiger partial charge in [0.05, 0.1) is 15.6 Å². The van der Waals surface area contributed by atoms with E-state index in [0.29, 0.717) is 16.6 Å². The molecule has 102 valence electrons. The van der Waals surface area contributed by atoms with E-state index in [9.17, 15) is 0 Å². The molecule has 19 heavy (non-hydrogen) atoms. The second-order valence-corrected chi connectivity index (χ2v) is 7.02. The van der Waals surface area contributed by atoms with Crippen LogP contribution in [0, 0.1) is 17.6 Å². The highest BCUT2D eigenvalue weighted by molar-refractivity contribution is 7.71. The first-order valence-corrected chi connectivity index (χ1v) is 7.91. The minimum atomic E-state index is 0.541. The molecular weight excluding hydrogens is 276 g/mol. The average Bonchev–Trinajstić information content (AvgIpc) is 3.04. The molecule has 0 radical (unpaired) electrons. The second-order valence-electron chi connectivity index (χ2n) is 5.60. The summed E-state index contributed by atoms with van der Waals surface area (Å²) in [5.41, 5.74) is 1.07. The molecule has 0 aromatic carbocycles. The summed E-state index contributed by atoms with van der Waals surface area (Å²) in [6.45, 7) is 7.33. The van der Waals surface area contributed by atoms with Crippen molar-refractivity contribution in [1.29, 1.82) is 0 Å². The lowest BCUT2D eigenvalue weighted by Crippen LogP contribution is -2.06. The molecule has 1 saturated carbocycles. The molecule has 1 aliphatic carbocycles. The molecule has 6 heteroatoms. The predicted octanol–water partition coefficient (Wildman–Crippen LogP) is 3.91. The van der Waals surface area contributed by atoms with Crippen LogP contribution in [-0.2, 0) is 6.54 Å². The van der Waals surface area contributed by atoms with Gasteiger partial charge in [-0.15, -0.1) is 11.3 Å². The zero-order valence-corrected chi connectivity index (χ0v) is 13.1. The van der Waals surface area contributed by atoms with Crippen LogP contribution in [0.5, 0.6) is 0 Å². The van der Waals surface area contributed by atoms with Crippen LogP contribution in [0.2, 0.25) is 0 Å². The predicted molar refractivity (Wildman–Crippen MR) is 80.1 cm³/mol. The van der Waals surface area contributed by atoms with Gasteiger partial charge in [-0.25, -0.2) is 4.98 Å². The van der Waals surface area contributed by atoms with Gasteiger partial charge in [0.2, 0.25) is 0 Å². The fourth-order valence-electron chi connectivity index (χ4n) is 2.16. The summed E-state index contributed by atoms with van der Waals surface area (Å²) in [5.74, 6) is 2.18. The number of thiazole rings is 1. The molecule has 1 fully saturated rings. The van der Waals surface area contributed by atoms with Gasteiger partial charge >= 0.3 is 0 Å². The number of hydrogen-bond acceptors (Lipinski definition) is 4. The molecule has 0 unspecified atom stereocenters. The molecule has 1 aliphatic rings. The fraction of sp³-hybridized carbons (Fsp3) is 0.615. The lowest BCUT2D eigenvalue weighted by molar-refractivity contribution is 0.521. The smallest absolute Gasteiger partial charge is 0.195 e. The molecule has 0 saturated heterocycles. The number of nitrogens with zero attached hydrogens (tertiary/aromatic N) is 3. The van der Waals surface area contributed by atoms with Crippen molar-refractivity contribution in [3.63, 3.8) is 0 Å². The maximum Gasteiger partial charge on any atom is 0.195 e. The topological polar surface area (TPSA) is 46.5 Å². The van der Waals surface area contributed by atoms with E-state index in [1.165, 1.54) is 17.8 Å². The Morgan fingerprint density at radius 1 is 1.47 bits per heavy atom. The summed E-state index contributed by atoms with van der Waals surface area (Å²) >= 11 is 7.11. The SMILES string of the molecule is Cc1nc(C2CC2)sc1-c1n[nH]c(=S)n1CC(C)C. The lowest BCUT2D eigenvalue weighted by Gasteiger charge is -2.08. The van der Waals surface area contributed by atoms with Crippen LogP contribution < -0.4 is 0 Å². The monoisotopic (exact) mass is 294 g/mol. The molecule has 0 spiro atoms. The molecule has 0 amide bonds. The first-order chi connectivity index (χ1) is 9.06. The first kappa shape index (κ1) is 13.0. The number of nitrogens with one attached hydrogen (secondary N) is 1. The highest BCUT2D eigenvalue weighted by Gasteiger charge is 2.28. The summed E-state index contributed by atoms with van der Waals surface area (Å²) < 4.78 is 2.79. The van der Waals surface area contributed by atoms with Crippen LogP contribution in [-0.4, -0.2) is 19.7 Å². The highest BCUT2D eigenvalue weighted by atomic mass is 32.1. The molecule has 0 atom stereocenters. The van der Waals surface area contributed by atoms with Crippen LogP contribution >= 0.6 is 23.6 Å². The Hall–Kier alpha value is -1.01. The van der Waals surface area contributed by atoms with Gasteiger partial charge in [-0.3, -0.25) is 9.67 Å². The fourth-order valence-corrected chi connectivity index (χ4v) is 3.60. The second kappa shape index (κ2) is 4.83. The van der Waals surface area contributed by atoms with Crippen molar-refractivity contribution in [3.05, 3.63) is 15.5 Å². The van der Waals surface area contributed by atoms with Gasteiger partial charge in [0.25, 0.3) is 0 Å². The van der Waals surface area contributed by atoms with E-state index in [0.717, 1.165) is 22.9 Å². The van der Waals surface area contributed by atoms with Crippen LogP contribution in [0.4, 0.5) is 0 Å². The van der Waals surface area contributed by atoms with Crippen LogP contribution in [0.25, 0.3) is 10.7 Å². The molecule has 4 nitrogen and oxygen atoms in total. The summed E-state index contributed by atoms with van der Waals surface area (Å²) in [6.07, 6.45) is 2.57. The molecule has 0 aliphatic heterocycles. The molecular formula is C13H18N4S2. The van der Waals surface area contributed by atoms with Gasteiger partial charge in [-0.05, 0) is 37.9 Å². The average molecular weight is 294 g/mol. The van der Waals surface area contributed by atoms with Gasteiger partial charge in [-0.2, -0.15) is 5.10 Å². The number of aromatic nitrogens is 4. The standard InChI is InChI=1S/C13H18N4S2/c1-7(2)6-17-11(15-16-13(17)18)10-8(3)14-12(19-10)9-4-5-9/h7,9H,4-6H2,1-3H3,(H,16,18). The van der Waals surface area contributed by atoms with Crippen molar-refractivity contribution < 1.29 is 0 Å². The van der Waals surface area contributed by atoms with E-state index in [4.69, 9.17) is 17.2 Å². The van der Waals surface area contributed by atoms with Gasteiger partial charge in [0.1, 0.15) is 0 Å². The molecule has 2 aromatic rings. The van der Waals surface area contributed by atoms with Gasteiger partial charge < -0.3 is 0 Å². The Morgan fingerprint density at radius 2 is 2.21 bits per heavy atom. The Bertz CT molecular complexity index is 646. The number of H-pyrrole nitrogens is 1. The van der Waals surface area contributed by atoms with E-state index < -0.39 is 0 Å². The Kier molecular flexibility index (Phi) is 3.30. The third-order valence-electron chi connectivity index (χ3n) is 3.25. The van der Waals surface area contributed by atoms with Crippen molar-refractivity contribution in [2.45, 2.75) is 46.1 Å². The highest BCUT2D eigenvalue weighted by Crippen LogP contribution is 2.44. The van der Waals surface area contributed by atoms with Gasteiger partial charge in [0, 0.05) is 12.5 Å².